The number of aromatic amines is 1. The molecule has 2 aromatic heterocycles. The van der Waals surface area contributed by atoms with E-state index >= 15 is 0 Å². The monoisotopic (exact) mass is 553 g/mol. The minimum atomic E-state index is -1.00. The number of carbonyl (C=O) groups excluding carboxylic acids is 3. The average molecular weight is 554 g/mol. The largest absolute Gasteiger partial charge is 0.463 e. The summed E-state index contributed by atoms with van der Waals surface area (Å²) in [5, 5.41) is 1.57. The molecule has 2 aromatic carbocycles. The molecule has 0 fully saturated rings. The van der Waals surface area contributed by atoms with Crippen LogP contribution in [-0.2, 0) is 23.8 Å². The Morgan fingerprint density at radius 2 is 1.39 bits per heavy atom. The van der Waals surface area contributed by atoms with Gasteiger partial charge in [0.2, 0.25) is 0 Å². The lowest BCUT2D eigenvalue weighted by atomic mass is 9.85. The molecule has 41 heavy (non-hydrogen) atoms. The Kier molecular flexibility index (Phi) is 7.87. The Morgan fingerprint density at radius 3 is 2.00 bits per heavy atom. The van der Waals surface area contributed by atoms with Gasteiger partial charge in [-0.25, -0.2) is 19.4 Å². The van der Waals surface area contributed by atoms with E-state index in [1.807, 2.05) is 55.5 Å². The standard InChI is InChI=1S/C32H31N3O6/c1-5-39-30(36)23-17-35(20-14-12-19(4)13-15-20)18-24(31(37)40-6-2)27(23)29-28-22(16-26(34-29)32(38)41-7-3)21-10-8-9-11-25(21)33-28/h8-18,27,33H,5-7H2,1-4H3. The van der Waals surface area contributed by atoms with Gasteiger partial charge in [-0.1, -0.05) is 35.9 Å². The number of esters is 3. The van der Waals surface area contributed by atoms with Gasteiger partial charge in [0.25, 0.3) is 0 Å². The highest BCUT2D eigenvalue weighted by molar-refractivity contribution is 6.11. The summed E-state index contributed by atoms with van der Waals surface area (Å²) in [4.78, 5) is 49.8. The number of rotatable bonds is 8. The molecule has 210 valence electrons. The summed E-state index contributed by atoms with van der Waals surface area (Å²) in [6, 6.07) is 17.0. The van der Waals surface area contributed by atoms with Crippen LogP contribution in [0.15, 0.2) is 78.1 Å². The molecular formula is C32H31N3O6. The maximum absolute atomic E-state index is 13.5. The maximum Gasteiger partial charge on any atom is 0.356 e. The van der Waals surface area contributed by atoms with Crippen molar-refractivity contribution in [1.82, 2.24) is 9.97 Å². The number of ether oxygens (including phenoxy) is 3. The summed E-state index contributed by atoms with van der Waals surface area (Å²) in [5.74, 6) is -2.84. The van der Waals surface area contributed by atoms with Gasteiger partial charge < -0.3 is 24.1 Å². The van der Waals surface area contributed by atoms with Crippen LogP contribution in [-0.4, -0.2) is 47.7 Å². The highest BCUT2D eigenvalue weighted by Gasteiger charge is 2.39. The minimum absolute atomic E-state index is 0.0616. The molecular weight excluding hydrogens is 522 g/mol. The molecule has 0 amide bonds. The van der Waals surface area contributed by atoms with Crippen molar-refractivity contribution in [2.75, 3.05) is 24.7 Å². The second kappa shape index (κ2) is 11.7. The first kappa shape index (κ1) is 27.6. The Balaban J connectivity index is 1.81. The van der Waals surface area contributed by atoms with Crippen LogP contribution in [0, 0.1) is 6.92 Å². The summed E-state index contributed by atoms with van der Waals surface area (Å²) < 4.78 is 16.2. The molecule has 1 N–H and O–H groups in total. The van der Waals surface area contributed by atoms with Crippen LogP contribution < -0.4 is 4.90 Å². The fraction of sp³-hybridized carbons (Fsp3) is 0.250. The van der Waals surface area contributed by atoms with E-state index in [2.05, 4.69) is 4.98 Å². The summed E-state index contributed by atoms with van der Waals surface area (Å²) >= 11 is 0. The van der Waals surface area contributed by atoms with Crippen molar-refractivity contribution in [3.63, 3.8) is 0 Å². The first-order valence-electron chi connectivity index (χ1n) is 13.6. The number of hydrogen-bond acceptors (Lipinski definition) is 8. The van der Waals surface area contributed by atoms with Crippen molar-refractivity contribution < 1.29 is 28.6 Å². The number of nitrogens with one attached hydrogen (secondary N) is 1. The van der Waals surface area contributed by atoms with Gasteiger partial charge >= 0.3 is 17.9 Å². The van der Waals surface area contributed by atoms with E-state index in [1.54, 1.807) is 44.1 Å². The lowest BCUT2D eigenvalue weighted by molar-refractivity contribution is -0.139. The zero-order chi connectivity index (χ0) is 29.1. The Bertz CT molecular complexity index is 1660. The number of fused-ring (bicyclic) bond motifs is 3. The number of pyridine rings is 1. The van der Waals surface area contributed by atoms with Crippen molar-refractivity contribution in [2.45, 2.75) is 33.6 Å². The molecule has 5 rings (SSSR count). The first-order valence-corrected chi connectivity index (χ1v) is 13.6. The molecule has 1 aliphatic rings. The predicted molar refractivity (Wildman–Crippen MR) is 155 cm³/mol. The predicted octanol–water partition coefficient (Wildman–Crippen LogP) is 5.70. The molecule has 9 heteroatoms. The average Bonchev–Trinajstić information content (AvgIpc) is 3.35. The third kappa shape index (κ3) is 5.30. The van der Waals surface area contributed by atoms with Crippen LogP contribution in [0.25, 0.3) is 21.8 Å². The smallest absolute Gasteiger partial charge is 0.356 e. The zero-order valence-electron chi connectivity index (χ0n) is 23.4. The number of H-pyrrole nitrogens is 1. The summed E-state index contributed by atoms with van der Waals surface area (Å²) in [5.41, 5.74) is 3.91. The van der Waals surface area contributed by atoms with Gasteiger partial charge in [-0.05, 0) is 52.0 Å². The molecule has 9 nitrogen and oxygen atoms in total. The normalized spacial score (nSPS) is 13.6. The van der Waals surface area contributed by atoms with Crippen molar-refractivity contribution in [1.29, 1.82) is 0 Å². The number of nitrogens with zero attached hydrogens (tertiary/aromatic N) is 2. The molecule has 0 aliphatic carbocycles. The van der Waals surface area contributed by atoms with E-state index in [1.165, 1.54) is 0 Å². The number of aromatic nitrogens is 2. The Morgan fingerprint density at radius 1 is 0.805 bits per heavy atom. The minimum Gasteiger partial charge on any atom is -0.463 e. The number of para-hydroxylation sites is 1. The zero-order valence-corrected chi connectivity index (χ0v) is 23.4. The van der Waals surface area contributed by atoms with Crippen LogP contribution in [0.3, 0.4) is 0 Å². The van der Waals surface area contributed by atoms with E-state index < -0.39 is 23.8 Å². The van der Waals surface area contributed by atoms with Crippen LogP contribution in [0.5, 0.6) is 0 Å². The van der Waals surface area contributed by atoms with Gasteiger partial charge in [0.15, 0.2) is 0 Å². The molecule has 0 bridgehead atoms. The lowest BCUT2D eigenvalue weighted by Gasteiger charge is -2.30. The van der Waals surface area contributed by atoms with E-state index in [0.717, 1.165) is 22.2 Å². The van der Waals surface area contributed by atoms with Crippen LogP contribution >= 0.6 is 0 Å². The van der Waals surface area contributed by atoms with Gasteiger partial charge in [0, 0.05) is 34.4 Å². The molecule has 4 aromatic rings. The maximum atomic E-state index is 13.5. The number of benzene rings is 2. The van der Waals surface area contributed by atoms with Gasteiger partial charge in [0.1, 0.15) is 5.69 Å². The molecule has 0 radical (unpaired) electrons. The fourth-order valence-corrected chi connectivity index (χ4v) is 4.97. The summed E-state index contributed by atoms with van der Waals surface area (Å²) in [6.45, 7) is 7.54. The highest BCUT2D eigenvalue weighted by atomic mass is 16.5. The van der Waals surface area contributed by atoms with Gasteiger partial charge in [0.05, 0.1) is 48.1 Å². The van der Waals surface area contributed by atoms with Crippen molar-refractivity contribution in [3.8, 4) is 0 Å². The van der Waals surface area contributed by atoms with Crippen LogP contribution in [0.1, 0.15) is 48.4 Å². The molecule has 0 saturated heterocycles. The lowest BCUT2D eigenvalue weighted by Crippen LogP contribution is -2.30. The molecule has 0 spiro atoms. The number of aryl methyl sites for hydroxylation is 1. The van der Waals surface area contributed by atoms with Crippen molar-refractivity contribution >= 4 is 45.4 Å². The molecule has 0 unspecified atom stereocenters. The summed E-state index contributed by atoms with van der Waals surface area (Å²) in [6.07, 6.45) is 3.28. The topological polar surface area (TPSA) is 111 Å². The second-order valence-electron chi connectivity index (χ2n) is 9.49. The number of carbonyl (C=O) groups is 3. The first-order chi connectivity index (χ1) is 19.9. The van der Waals surface area contributed by atoms with E-state index in [0.29, 0.717) is 16.6 Å². The molecule has 3 heterocycles. The number of hydrogen-bond donors (Lipinski definition) is 1. The van der Waals surface area contributed by atoms with E-state index in [-0.39, 0.29) is 36.7 Å². The van der Waals surface area contributed by atoms with Gasteiger partial charge in [-0.3, -0.25) is 0 Å². The van der Waals surface area contributed by atoms with E-state index in [4.69, 9.17) is 19.2 Å². The third-order valence-corrected chi connectivity index (χ3v) is 6.82. The Labute approximate surface area is 237 Å². The molecule has 1 aliphatic heterocycles. The quantitative estimate of drug-likeness (QED) is 0.219. The van der Waals surface area contributed by atoms with Gasteiger partial charge in [-0.2, -0.15) is 0 Å². The van der Waals surface area contributed by atoms with Crippen molar-refractivity contribution in [2.24, 2.45) is 0 Å². The van der Waals surface area contributed by atoms with Gasteiger partial charge in [-0.15, -0.1) is 0 Å². The number of anilines is 1. The SMILES string of the molecule is CCOC(=O)C1=CN(c2ccc(C)cc2)C=C(C(=O)OCC)C1c1nc(C(=O)OCC)cc2c1[nH]c1ccccc12. The van der Waals surface area contributed by atoms with E-state index in [9.17, 15) is 14.4 Å². The molecule has 0 saturated carbocycles. The Hall–Kier alpha value is -4.92. The molecule has 0 atom stereocenters. The summed E-state index contributed by atoms with van der Waals surface area (Å²) in [7, 11) is 0. The van der Waals surface area contributed by atoms with Crippen LogP contribution in [0.4, 0.5) is 5.69 Å². The van der Waals surface area contributed by atoms with Crippen molar-refractivity contribution in [3.05, 3.63) is 95.1 Å². The fourth-order valence-electron chi connectivity index (χ4n) is 4.97. The second-order valence-corrected chi connectivity index (χ2v) is 9.49. The highest BCUT2D eigenvalue weighted by Crippen LogP contribution is 2.41. The van der Waals surface area contributed by atoms with Crippen LogP contribution in [0.2, 0.25) is 0 Å². The third-order valence-electron chi connectivity index (χ3n) is 6.82.